The molecule has 2 aromatic heterocycles. The minimum atomic E-state index is -0.397. The van der Waals surface area contributed by atoms with Gasteiger partial charge in [-0.3, -0.25) is 15.3 Å². The zero-order chi connectivity index (χ0) is 25.6. The van der Waals surface area contributed by atoms with Gasteiger partial charge in [0.15, 0.2) is 0 Å². The number of halogens is 2. The lowest BCUT2D eigenvalue weighted by atomic mass is 9.78. The van der Waals surface area contributed by atoms with Crippen LogP contribution in [-0.2, 0) is 9.47 Å². The number of ether oxygens (including phenoxy) is 2. The zero-order valence-corrected chi connectivity index (χ0v) is 22.3. The van der Waals surface area contributed by atoms with Crippen LogP contribution in [0.4, 0.5) is 10.6 Å². The maximum Gasteiger partial charge on any atom is 0.416 e. The number of carbonyl (C=O) groups is 1. The van der Waals surface area contributed by atoms with E-state index in [9.17, 15) is 4.79 Å². The van der Waals surface area contributed by atoms with Gasteiger partial charge in [0.2, 0.25) is 0 Å². The molecule has 4 fully saturated rings. The second-order valence-corrected chi connectivity index (χ2v) is 11.4. The van der Waals surface area contributed by atoms with Crippen molar-refractivity contribution in [1.29, 1.82) is 0 Å². The number of hydrazine groups is 1. The van der Waals surface area contributed by atoms with Crippen molar-refractivity contribution in [2.24, 2.45) is 5.92 Å². The molecule has 0 radical (unpaired) electrons. The van der Waals surface area contributed by atoms with E-state index < -0.39 is 5.60 Å². The maximum atomic E-state index is 12.6. The first-order chi connectivity index (χ1) is 17.9. The largest absolute Gasteiger partial charge is 0.440 e. The summed E-state index contributed by atoms with van der Waals surface area (Å²) in [6, 6.07) is 4.45. The van der Waals surface area contributed by atoms with Crippen LogP contribution in [0.1, 0.15) is 62.3 Å². The Hall–Kier alpha value is -2.01. The van der Waals surface area contributed by atoms with Crippen LogP contribution in [0.5, 0.6) is 0 Å². The summed E-state index contributed by atoms with van der Waals surface area (Å²) in [6.07, 6.45) is 9.16. The van der Waals surface area contributed by atoms with Crippen LogP contribution in [0.2, 0.25) is 10.0 Å². The summed E-state index contributed by atoms with van der Waals surface area (Å²) in [5.74, 6) is 0.980. The summed E-state index contributed by atoms with van der Waals surface area (Å²) in [4.78, 5) is 23.0. The van der Waals surface area contributed by atoms with Crippen molar-refractivity contribution in [3.8, 4) is 0 Å². The molecule has 2 aromatic rings. The van der Waals surface area contributed by atoms with Gasteiger partial charge < -0.3 is 14.8 Å². The lowest BCUT2D eigenvalue weighted by Gasteiger charge is -2.35. The van der Waals surface area contributed by atoms with Crippen molar-refractivity contribution in [2.45, 2.75) is 68.9 Å². The van der Waals surface area contributed by atoms with Gasteiger partial charge in [0.05, 0.1) is 34.8 Å². The molecule has 5 heterocycles. The molecule has 1 aliphatic carbocycles. The number of rotatable bonds is 5. The van der Waals surface area contributed by atoms with Gasteiger partial charge in [-0.2, -0.15) is 0 Å². The Kier molecular flexibility index (Phi) is 7.02. The number of nitrogens with one attached hydrogen (secondary N) is 3. The van der Waals surface area contributed by atoms with E-state index in [0.29, 0.717) is 34.4 Å². The molecule has 3 aliphatic heterocycles. The highest BCUT2D eigenvalue weighted by Gasteiger charge is 2.47. The molecule has 3 N–H and O–H groups in total. The minimum absolute atomic E-state index is 0.0912. The standard InChI is InChI=1S/C26H32Cl2N6O3/c1-15(23-19(27)12-30-13-20(23)28)36-17-3-4-21-18(10-17)24(33-32-21)16-2-5-22(31-11-16)34-14-26(37-25(34)35)6-8-29-9-7-26/h2,5,11-13,15,17-18,21,24,29,32-33H,3-4,6-10,14H2,1H3/t15-,17?,18?,21?,24?/m1/s1. The monoisotopic (exact) mass is 546 g/mol. The highest BCUT2D eigenvalue weighted by molar-refractivity contribution is 6.35. The molecule has 37 heavy (non-hydrogen) atoms. The Bertz CT molecular complexity index is 1130. The van der Waals surface area contributed by atoms with E-state index in [0.717, 1.165) is 56.3 Å². The molecular weight excluding hydrogens is 515 g/mol. The van der Waals surface area contributed by atoms with Crippen LogP contribution in [0, 0.1) is 5.92 Å². The molecular formula is C26H32Cl2N6O3. The van der Waals surface area contributed by atoms with E-state index in [1.165, 1.54) is 0 Å². The normalized spacial score (nSPS) is 29.8. The third kappa shape index (κ3) is 4.93. The fraction of sp³-hybridized carbons (Fsp3) is 0.577. The van der Waals surface area contributed by atoms with Crippen LogP contribution in [0.25, 0.3) is 0 Å². The Morgan fingerprint density at radius 3 is 2.65 bits per heavy atom. The average Bonchev–Trinajstić information content (AvgIpc) is 3.45. The third-order valence-corrected chi connectivity index (χ3v) is 8.89. The number of pyridine rings is 2. The predicted molar refractivity (Wildman–Crippen MR) is 141 cm³/mol. The van der Waals surface area contributed by atoms with Crippen molar-refractivity contribution in [2.75, 3.05) is 24.5 Å². The van der Waals surface area contributed by atoms with Gasteiger partial charge in [-0.15, -0.1) is 0 Å². The van der Waals surface area contributed by atoms with Crippen molar-refractivity contribution >= 4 is 35.1 Å². The molecule has 6 rings (SSSR count). The number of piperidine rings is 1. The predicted octanol–water partition coefficient (Wildman–Crippen LogP) is 4.33. The second-order valence-electron chi connectivity index (χ2n) is 10.6. The van der Waals surface area contributed by atoms with E-state index >= 15 is 0 Å². The number of amides is 1. The van der Waals surface area contributed by atoms with Crippen LogP contribution in [-0.4, -0.2) is 53.4 Å². The molecule has 0 bridgehead atoms. The summed E-state index contributed by atoms with van der Waals surface area (Å²) in [6.45, 7) is 4.27. The molecule has 3 saturated heterocycles. The molecule has 1 saturated carbocycles. The molecule has 198 valence electrons. The molecule has 5 atom stereocenters. The van der Waals surface area contributed by atoms with Gasteiger partial charge in [-0.1, -0.05) is 29.3 Å². The van der Waals surface area contributed by atoms with E-state index in [-0.39, 0.29) is 24.3 Å². The number of nitrogens with zero attached hydrogens (tertiary/aromatic N) is 3. The first-order valence-electron chi connectivity index (χ1n) is 13.0. The van der Waals surface area contributed by atoms with E-state index in [2.05, 4.69) is 32.2 Å². The Morgan fingerprint density at radius 2 is 1.92 bits per heavy atom. The van der Waals surface area contributed by atoms with Gasteiger partial charge in [-0.25, -0.2) is 15.2 Å². The SMILES string of the molecule is C[C@@H](OC1CCC2NNC(c3ccc(N4CC5(CCNCC5)OC4=O)nc3)C2C1)c1c(Cl)cncc1Cl. The number of hydrogen-bond donors (Lipinski definition) is 3. The maximum absolute atomic E-state index is 12.6. The Balaban J connectivity index is 1.12. The second kappa shape index (κ2) is 10.3. The first kappa shape index (κ1) is 25.3. The van der Waals surface area contributed by atoms with Crippen molar-refractivity contribution in [3.63, 3.8) is 0 Å². The van der Waals surface area contributed by atoms with Crippen molar-refractivity contribution < 1.29 is 14.3 Å². The average molecular weight is 547 g/mol. The van der Waals surface area contributed by atoms with Crippen LogP contribution < -0.4 is 21.1 Å². The van der Waals surface area contributed by atoms with Crippen LogP contribution in [0.15, 0.2) is 30.7 Å². The van der Waals surface area contributed by atoms with Crippen LogP contribution in [0.3, 0.4) is 0 Å². The summed E-state index contributed by atoms with van der Waals surface area (Å²) in [5, 5.41) is 4.38. The van der Waals surface area contributed by atoms with Gasteiger partial charge in [0.1, 0.15) is 11.4 Å². The van der Waals surface area contributed by atoms with Gasteiger partial charge >= 0.3 is 6.09 Å². The highest BCUT2D eigenvalue weighted by atomic mass is 35.5. The minimum Gasteiger partial charge on any atom is -0.440 e. The Morgan fingerprint density at radius 1 is 1.14 bits per heavy atom. The van der Waals surface area contributed by atoms with Crippen LogP contribution >= 0.6 is 23.2 Å². The topological polar surface area (TPSA) is 101 Å². The highest BCUT2D eigenvalue weighted by Crippen LogP contribution is 2.42. The zero-order valence-electron chi connectivity index (χ0n) is 20.8. The number of hydrogen-bond acceptors (Lipinski definition) is 8. The molecule has 11 heteroatoms. The summed E-state index contributed by atoms with van der Waals surface area (Å²) < 4.78 is 12.3. The summed E-state index contributed by atoms with van der Waals surface area (Å²) >= 11 is 12.7. The first-order valence-corrected chi connectivity index (χ1v) is 13.8. The fourth-order valence-electron chi connectivity index (χ4n) is 6.32. The number of aromatic nitrogens is 2. The smallest absolute Gasteiger partial charge is 0.416 e. The molecule has 4 aliphatic rings. The molecule has 0 aromatic carbocycles. The molecule has 4 unspecified atom stereocenters. The summed E-state index contributed by atoms with van der Waals surface area (Å²) in [5.41, 5.74) is 8.42. The van der Waals surface area contributed by atoms with Gasteiger partial charge in [0.25, 0.3) is 0 Å². The third-order valence-electron chi connectivity index (χ3n) is 8.29. The number of carbonyl (C=O) groups excluding carboxylic acids is 1. The Labute approximate surface area is 226 Å². The lowest BCUT2D eigenvalue weighted by Crippen LogP contribution is -2.45. The van der Waals surface area contributed by atoms with E-state index in [1.807, 2.05) is 19.2 Å². The lowest BCUT2D eigenvalue weighted by molar-refractivity contribution is -0.0370. The summed E-state index contributed by atoms with van der Waals surface area (Å²) in [7, 11) is 0. The van der Waals surface area contributed by atoms with Crippen molar-refractivity contribution in [1.82, 2.24) is 26.1 Å². The number of anilines is 1. The molecule has 1 amide bonds. The molecule has 1 spiro atoms. The quantitative estimate of drug-likeness (QED) is 0.509. The fourth-order valence-corrected chi connectivity index (χ4v) is 6.99. The molecule has 9 nitrogen and oxygen atoms in total. The van der Waals surface area contributed by atoms with E-state index in [1.54, 1.807) is 17.3 Å². The van der Waals surface area contributed by atoms with E-state index in [4.69, 9.17) is 32.7 Å². The van der Waals surface area contributed by atoms with Crippen molar-refractivity contribution in [3.05, 3.63) is 51.9 Å². The number of fused-ring (bicyclic) bond motifs is 1. The van der Waals surface area contributed by atoms with Gasteiger partial charge in [-0.05, 0) is 56.8 Å². The van der Waals surface area contributed by atoms with Gasteiger partial charge in [0, 0.05) is 43.0 Å².